The highest BCUT2D eigenvalue weighted by molar-refractivity contribution is 5.75. The quantitative estimate of drug-likeness (QED) is 0.600. The summed E-state index contributed by atoms with van der Waals surface area (Å²) in [6.45, 7) is 1.65. The van der Waals surface area contributed by atoms with E-state index in [1.165, 1.54) is 0 Å². The molecular formula is C22H24N4O3. The smallest absolute Gasteiger partial charge is 0.315 e. The topological polar surface area (TPSA) is 88.3 Å². The number of hydrogen-bond acceptors (Lipinski definition) is 4. The Morgan fingerprint density at radius 1 is 1.14 bits per heavy atom. The van der Waals surface area contributed by atoms with Crippen LogP contribution in [0.15, 0.2) is 42.5 Å². The summed E-state index contributed by atoms with van der Waals surface area (Å²) in [5.41, 5.74) is 3.02. The van der Waals surface area contributed by atoms with Crippen LogP contribution in [-0.4, -0.2) is 35.8 Å². The minimum Gasteiger partial charge on any atom is -0.486 e. The molecule has 1 atom stereocenters. The zero-order valence-electron chi connectivity index (χ0n) is 16.1. The van der Waals surface area contributed by atoms with Crippen LogP contribution in [0.5, 0.6) is 11.5 Å². The van der Waals surface area contributed by atoms with Crippen LogP contribution >= 0.6 is 0 Å². The number of benzene rings is 2. The van der Waals surface area contributed by atoms with Crippen molar-refractivity contribution in [3.05, 3.63) is 53.9 Å². The first kappa shape index (κ1) is 17.8. The van der Waals surface area contributed by atoms with Gasteiger partial charge in [-0.1, -0.05) is 18.2 Å². The number of imidazole rings is 1. The van der Waals surface area contributed by atoms with Crippen molar-refractivity contribution in [2.24, 2.45) is 5.92 Å². The number of nitrogens with one attached hydrogen (secondary N) is 3. The van der Waals surface area contributed by atoms with Gasteiger partial charge in [0.25, 0.3) is 0 Å². The fraction of sp³-hybridized carbons (Fsp3) is 0.364. The molecule has 0 radical (unpaired) electrons. The van der Waals surface area contributed by atoms with E-state index in [1.54, 1.807) is 0 Å². The average molecular weight is 392 g/mol. The Hall–Kier alpha value is -3.22. The Morgan fingerprint density at radius 3 is 2.79 bits per heavy atom. The van der Waals surface area contributed by atoms with Crippen molar-refractivity contribution in [1.29, 1.82) is 0 Å². The summed E-state index contributed by atoms with van der Waals surface area (Å²) in [7, 11) is 0. The monoisotopic (exact) mass is 392 g/mol. The zero-order valence-corrected chi connectivity index (χ0v) is 16.1. The summed E-state index contributed by atoms with van der Waals surface area (Å²) in [4.78, 5) is 20.3. The molecule has 1 aliphatic carbocycles. The maximum atomic E-state index is 12.5. The Morgan fingerprint density at radius 2 is 1.97 bits per heavy atom. The van der Waals surface area contributed by atoms with Crippen molar-refractivity contribution < 1.29 is 14.3 Å². The van der Waals surface area contributed by atoms with E-state index in [9.17, 15) is 4.79 Å². The Bertz CT molecular complexity index is 995. The molecular weight excluding hydrogens is 368 g/mol. The van der Waals surface area contributed by atoms with Crippen LogP contribution in [0.2, 0.25) is 0 Å². The lowest BCUT2D eigenvalue weighted by atomic mass is 10.0. The van der Waals surface area contributed by atoms with Crippen LogP contribution in [-0.2, 0) is 6.42 Å². The molecule has 7 heteroatoms. The molecule has 1 aliphatic heterocycles. The number of aromatic nitrogens is 2. The number of urea groups is 1. The van der Waals surface area contributed by atoms with Gasteiger partial charge in [-0.25, -0.2) is 9.78 Å². The van der Waals surface area contributed by atoms with Gasteiger partial charge in [-0.3, -0.25) is 0 Å². The molecule has 0 bridgehead atoms. The molecule has 29 heavy (non-hydrogen) atoms. The molecule has 3 N–H and O–H groups in total. The van der Waals surface area contributed by atoms with Crippen LogP contribution in [0.1, 0.15) is 30.3 Å². The second-order valence-electron chi connectivity index (χ2n) is 7.57. The van der Waals surface area contributed by atoms with E-state index in [4.69, 9.17) is 9.47 Å². The third-order valence-electron chi connectivity index (χ3n) is 5.39. The molecule has 2 aliphatic rings. The van der Waals surface area contributed by atoms with E-state index >= 15 is 0 Å². The van der Waals surface area contributed by atoms with E-state index in [-0.39, 0.29) is 12.1 Å². The van der Waals surface area contributed by atoms with E-state index in [2.05, 4.69) is 20.6 Å². The standard InChI is InChI=1S/C22H24N4O3/c27-22(23-10-9-20-24-16-3-1-2-4-17(16)25-20)26-21(14-5-6-14)15-7-8-18-19(13-15)29-12-11-28-18/h1-4,7-8,13-14,21H,5-6,9-12H2,(H,24,25)(H2,23,26,27). The predicted molar refractivity (Wildman–Crippen MR) is 109 cm³/mol. The van der Waals surface area contributed by atoms with Gasteiger partial charge >= 0.3 is 6.03 Å². The van der Waals surface area contributed by atoms with Gasteiger partial charge in [-0.15, -0.1) is 0 Å². The molecule has 0 spiro atoms. The first-order valence-electron chi connectivity index (χ1n) is 10.1. The summed E-state index contributed by atoms with van der Waals surface area (Å²) >= 11 is 0. The first-order valence-corrected chi connectivity index (χ1v) is 10.1. The molecule has 7 nitrogen and oxygen atoms in total. The molecule has 150 valence electrons. The summed E-state index contributed by atoms with van der Waals surface area (Å²) in [6, 6.07) is 13.7. The molecule has 2 aromatic carbocycles. The minimum absolute atomic E-state index is 0.0166. The number of carbonyl (C=O) groups is 1. The third kappa shape index (κ3) is 3.99. The van der Waals surface area contributed by atoms with E-state index in [1.807, 2.05) is 42.5 Å². The molecule has 1 saturated carbocycles. The minimum atomic E-state index is -0.159. The second kappa shape index (κ2) is 7.66. The lowest BCUT2D eigenvalue weighted by molar-refractivity contribution is 0.171. The van der Waals surface area contributed by atoms with Gasteiger partial charge in [0.05, 0.1) is 17.1 Å². The van der Waals surface area contributed by atoms with Crippen molar-refractivity contribution in [1.82, 2.24) is 20.6 Å². The first-order chi connectivity index (χ1) is 14.3. The summed E-state index contributed by atoms with van der Waals surface area (Å²) in [6.07, 6.45) is 2.90. The van der Waals surface area contributed by atoms with E-state index < -0.39 is 0 Å². The highest BCUT2D eigenvalue weighted by Gasteiger charge is 2.34. The van der Waals surface area contributed by atoms with Crippen molar-refractivity contribution in [2.45, 2.75) is 25.3 Å². The molecule has 1 unspecified atom stereocenters. The number of nitrogens with zero attached hydrogens (tertiary/aromatic N) is 1. The zero-order chi connectivity index (χ0) is 19.6. The van der Waals surface area contributed by atoms with Gasteiger partial charge in [-0.05, 0) is 48.6 Å². The highest BCUT2D eigenvalue weighted by atomic mass is 16.6. The number of fused-ring (bicyclic) bond motifs is 2. The van der Waals surface area contributed by atoms with Crippen LogP contribution < -0.4 is 20.1 Å². The summed E-state index contributed by atoms with van der Waals surface area (Å²) in [5.74, 6) is 2.87. The third-order valence-corrected chi connectivity index (χ3v) is 5.39. The average Bonchev–Trinajstić information content (AvgIpc) is 3.50. The van der Waals surface area contributed by atoms with Gasteiger partial charge in [0.15, 0.2) is 11.5 Å². The van der Waals surface area contributed by atoms with Gasteiger partial charge in [0.1, 0.15) is 19.0 Å². The van der Waals surface area contributed by atoms with Crippen LogP contribution in [0.4, 0.5) is 4.79 Å². The van der Waals surface area contributed by atoms with Crippen LogP contribution in [0.3, 0.4) is 0 Å². The highest BCUT2D eigenvalue weighted by Crippen LogP contribution is 2.43. The van der Waals surface area contributed by atoms with Crippen molar-refractivity contribution in [2.75, 3.05) is 19.8 Å². The van der Waals surface area contributed by atoms with Crippen molar-refractivity contribution in [3.8, 4) is 11.5 Å². The fourth-order valence-corrected chi connectivity index (χ4v) is 3.77. The van der Waals surface area contributed by atoms with Crippen LogP contribution in [0.25, 0.3) is 11.0 Å². The normalized spacial score (nSPS) is 16.4. The lowest BCUT2D eigenvalue weighted by Crippen LogP contribution is -2.39. The van der Waals surface area contributed by atoms with Gasteiger partial charge in [0.2, 0.25) is 0 Å². The molecule has 2 amide bonds. The van der Waals surface area contributed by atoms with E-state index in [0.717, 1.165) is 46.8 Å². The Kier molecular flexibility index (Phi) is 4.71. The number of aromatic amines is 1. The summed E-state index contributed by atoms with van der Waals surface area (Å²) < 4.78 is 11.3. The SMILES string of the molecule is O=C(NCCc1nc2ccccc2[nH]1)NC(c1ccc2c(c1)OCCO2)C1CC1. The van der Waals surface area contributed by atoms with Gasteiger partial charge in [0, 0.05) is 13.0 Å². The summed E-state index contributed by atoms with van der Waals surface area (Å²) in [5, 5.41) is 6.09. The number of hydrogen-bond donors (Lipinski definition) is 3. The predicted octanol–water partition coefficient (Wildman–Crippen LogP) is 3.33. The number of H-pyrrole nitrogens is 1. The lowest BCUT2D eigenvalue weighted by Gasteiger charge is -2.23. The molecule has 0 saturated heterocycles. The number of para-hydroxylation sites is 2. The number of ether oxygens (including phenoxy) is 2. The molecule has 1 fully saturated rings. The maximum Gasteiger partial charge on any atom is 0.315 e. The molecule has 5 rings (SSSR count). The fourth-order valence-electron chi connectivity index (χ4n) is 3.77. The second-order valence-corrected chi connectivity index (χ2v) is 7.57. The largest absolute Gasteiger partial charge is 0.486 e. The van der Waals surface area contributed by atoms with Gasteiger partial charge < -0.3 is 25.1 Å². The van der Waals surface area contributed by atoms with Crippen LogP contribution in [0, 0.1) is 5.92 Å². The Labute approximate surface area is 168 Å². The number of amides is 2. The van der Waals surface area contributed by atoms with Crippen molar-refractivity contribution >= 4 is 17.1 Å². The molecule has 1 aromatic heterocycles. The Balaban J connectivity index is 1.19. The number of carbonyl (C=O) groups excluding carboxylic acids is 1. The molecule has 2 heterocycles. The van der Waals surface area contributed by atoms with Crippen molar-refractivity contribution in [3.63, 3.8) is 0 Å². The maximum absolute atomic E-state index is 12.5. The number of rotatable bonds is 6. The van der Waals surface area contributed by atoms with Gasteiger partial charge in [-0.2, -0.15) is 0 Å². The van der Waals surface area contributed by atoms with E-state index in [0.29, 0.717) is 32.1 Å². The molecule has 3 aromatic rings.